The van der Waals surface area contributed by atoms with Crippen LogP contribution >= 0.6 is 12.4 Å². The normalized spacial score (nSPS) is 13.6. The van der Waals surface area contributed by atoms with Gasteiger partial charge in [-0.05, 0) is 20.8 Å². The van der Waals surface area contributed by atoms with E-state index in [9.17, 15) is 4.79 Å². The fourth-order valence-electron chi connectivity index (χ4n) is 0.224. The molecule has 0 spiro atoms. The third-order valence-electron chi connectivity index (χ3n) is 1.77. The van der Waals surface area contributed by atoms with Crippen LogP contribution in [0.3, 0.4) is 0 Å². The van der Waals surface area contributed by atoms with Gasteiger partial charge >= 0.3 is 0 Å². The van der Waals surface area contributed by atoms with E-state index in [-0.39, 0.29) is 24.4 Å². The smallest absolute Gasteiger partial charge is 0.224 e. The topological polar surface area (TPSA) is 69.1 Å². The van der Waals surface area contributed by atoms with E-state index < -0.39 is 5.41 Å². The molecule has 3 nitrogen and oxygen atoms in total. The van der Waals surface area contributed by atoms with Crippen molar-refractivity contribution in [2.24, 2.45) is 16.9 Å². The average Bonchev–Trinajstić information content (AvgIpc) is 1.65. The molecule has 1 amide bonds. The molecular weight excluding hydrogens is 152 g/mol. The van der Waals surface area contributed by atoms with Gasteiger partial charge in [0.15, 0.2) is 0 Å². The molecule has 4 heteroatoms. The molecule has 0 aromatic carbocycles. The van der Waals surface area contributed by atoms with Crippen molar-refractivity contribution in [3.05, 3.63) is 0 Å². The Hall–Kier alpha value is -0.280. The molecule has 0 aliphatic rings. The van der Waals surface area contributed by atoms with Gasteiger partial charge in [-0.2, -0.15) is 0 Å². The van der Waals surface area contributed by atoms with Crippen LogP contribution in [-0.4, -0.2) is 11.9 Å². The van der Waals surface area contributed by atoms with Crippen LogP contribution < -0.4 is 11.5 Å². The fraction of sp³-hybridized carbons (Fsp3) is 0.833. The molecule has 62 valence electrons. The van der Waals surface area contributed by atoms with Gasteiger partial charge in [-0.1, -0.05) is 0 Å². The van der Waals surface area contributed by atoms with Gasteiger partial charge in [0.25, 0.3) is 0 Å². The van der Waals surface area contributed by atoms with Crippen molar-refractivity contribution in [3.63, 3.8) is 0 Å². The van der Waals surface area contributed by atoms with Crippen LogP contribution in [0.4, 0.5) is 0 Å². The largest absolute Gasteiger partial charge is 0.369 e. The maximum Gasteiger partial charge on any atom is 0.224 e. The number of nitrogens with two attached hydrogens (primary N) is 2. The molecule has 0 aromatic rings. The Morgan fingerprint density at radius 1 is 1.50 bits per heavy atom. The van der Waals surface area contributed by atoms with E-state index in [2.05, 4.69) is 0 Å². The summed E-state index contributed by atoms with van der Waals surface area (Å²) in [5, 5.41) is 0. The number of halogens is 1. The van der Waals surface area contributed by atoms with E-state index in [1.54, 1.807) is 20.8 Å². The highest BCUT2D eigenvalue weighted by Gasteiger charge is 2.28. The van der Waals surface area contributed by atoms with Crippen molar-refractivity contribution in [2.75, 3.05) is 0 Å². The quantitative estimate of drug-likeness (QED) is 0.618. The standard InChI is InChI=1S/C6H14N2O.ClH/c1-4(7)6(2,3)5(8)9;/h4H,7H2,1-3H3,(H2,8,9);1H/t4-;/m1./s1. The number of primary amides is 1. The molecule has 0 saturated heterocycles. The Morgan fingerprint density at radius 2 is 1.80 bits per heavy atom. The van der Waals surface area contributed by atoms with Gasteiger partial charge in [0.2, 0.25) is 5.91 Å². The van der Waals surface area contributed by atoms with Crippen molar-refractivity contribution in [1.82, 2.24) is 0 Å². The first-order chi connectivity index (χ1) is 3.89. The number of hydrogen-bond acceptors (Lipinski definition) is 2. The van der Waals surface area contributed by atoms with E-state index in [0.29, 0.717) is 0 Å². The van der Waals surface area contributed by atoms with Crippen LogP contribution in [0.2, 0.25) is 0 Å². The van der Waals surface area contributed by atoms with Gasteiger partial charge < -0.3 is 11.5 Å². The fourth-order valence-corrected chi connectivity index (χ4v) is 0.224. The lowest BCUT2D eigenvalue weighted by molar-refractivity contribution is -0.126. The van der Waals surface area contributed by atoms with Crippen LogP contribution in [0.5, 0.6) is 0 Å². The van der Waals surface area contributed by atoms with Crippen molar-refractivity contribution < 1.29 is 4.79 Å². The zero-order chi connectivity index (χ0) is 7.65. The summed E-state index contributed by atoms with van der Waals surface area (Å²) >= 11 is 0. The van der Waals surface area contributed by atoms with Crippen LogP contribution in [0, 0.1) is 5.41 Å². The number of carbonyl (C=O) groups excluding carboxylic acids is 1. The van der Waals surface area contributed by atoms with E-state index >= 15 is 0 Å². The summed E-state index contributed by atoms with van der Waals surface area (Å²) in [6, 6.07) is -0.185. The van der Waals surface area contributed by atoms with Crippen LogP contribution in [-0.2, 0) is 4.79 Å². The van der Waals surface area contributed by atoms with Gasteiger partial charge in [-0.15, -0.1) is 12.4 Å². The van der Waals surface area contributed by atoms with Crippen molar-refractivity contribution in [3.8, 4) is 0 Å². The van der Waals surface area contributed by atoms with Crippen molar-refractivity contribution in [2.45, 2.75) is 26.8 Å². The van der Waals surface area contributed by atoms with E-state index in [0.717, 1.165) is 0 Å². The molecule has 0 fully saturated rings. The van der Waals surface area contributed by atoms with Crippen LogP contribution in [0.25, 0.3) is 0 Å². The number of amides is 1. The first-order valence-electron chi connectivity index (χ1n) is 2.94. The Bertz CT molecular complexity index is 123. The Morgan fingerprint density at radius 3 is 1.80 bits per heavy atom. The molecule has 0 heterocycles. The van der Waals surface area contributed by atoms with Gasteiger partial charge in [-0.25, -0.2) is 0 Å². The molecule has 10 heavy (non-hydrogen) atoms. The summed E-state index contributed by atoms with van der Waals surface area (Å²) in [5.41, 5.74) is 9.94. The molecule has 4 N–H and O–H groups in total. The summed E-state index contributed by atoms with van der Waals surface area (Å²) in [6.07, 6.45) is 0. The highest BCUT2D eigenvalue weighted by atomic mass is 35.5. The Kier molecular flexibility index (Phi) is 4.69. The average molecular weight is 167 g/mol. The van der Waals surface area contributed by atoms with E-state index in [1.807, 2.05) is 0 Å². The zero-order valence-corrected chi connectivity index (χ0v) is 7.37. The van der Waals surface area contributed by atoms with Gasteiger partial charge in [-0.3, -0.25) is 4.79 Å². The summed E-state index contributed by atoms with van der Waals surface area (Å²) in [7, 11) is 0. The highest BCUT2D eigenvalue weighted by Crippen LogP contribution is 2.16. The van der Waals surface area contributed by atoms with Gasteiger partial charge in [0.05, 0.1) is 5.41 Å². The zero-order valence-electron chi connectivity index (χ0n) is 6.55. The molecule has 0 saturated carbocycles. The predicted molar refractivity (Wildman–Crippen MR) is 43.9 cm³/mol. The van der Waals surface area contributed by atoms with Crippen LogP contribution in [0.15, 0.2) is 0 Å². The molecule has 0 aliphatic heterocycles. The van der Waals surface area contributed by atoms with Crippen LogP contribution in [0.1, 0.15) is 20.8 Å². The first kappa shape index (κ1) is 12.4. The second-order valence-corrected chi connectivity index (χ2v) is 2.87. The lowest BCUT2D eigenvalue weighted by atomic mass is 9.85. The second-order valence-electron chi connectivity index (χ2n) is 2.87. The summed E-state index contributed by atoms with van der Waals surface area (Å²) in [5.74, 6) is -0.350. The molecule has 0 rings (SSSR count). The Balaban J connectivity index is 0. The summed E-state index contributed by atoms with van der Waals surface area (Å²) in [4.78, 5) is 10.6. The maximum atomic E-state index is 10.6. The summed E-state index contributed by atoms with van der Waals surface area (Å²) < 4.78 is 0. The SMILES string of the molecule is C[C@@H](N)C(C)(C)C(N)=O.Cl. The minimum Gasteiger partial charge on any atom is -0.369 e. The molecule has 0 aliphatic carbocycles. The Labute approximate surface area is 67.6 Å². The van der Waals surface area contributed by atoms with Gasteiger partial charge in [0.1, 0.15) is 0 Å². The number of rotatable bonds is 2. The minimum absolute atomic E-state index is 0. The lowest BCUT2D eigenvalue weighted by Crippen LogP contribution is -2.44. The molecule has 1 atom stereocenters. The van der Waals surface area contributed by atoms with E-state index in [4.69, 9.17) is 11.5 Å². The summed E-state index contributed by atoms with van der Waals surface area (Å²) in [6.45, 7) is 5.24. The minimum atomic E-state index is -0.583. The second kappa shape index (κ2) is 3.78. The monoisotopic (exact) mass is 166 g/mol. The third kappa shape index (κ3) is 2.54. The van der Waals surface area contributed by atoms with Crippen molar-refractivity contribution >= 4 is 18.3 Å². The first-order valence-corrected chi connectivity index (χ1v) is 2.94. The maximum absolute atomic E-state index is 10.6. The highest BCUT2D eigenvalue weighted by molar-refractivity contribution is 5.85. The van der Waals surface area contributed by atoms with Gasteiger partial charge in [0, 0.05) is 6.04 Å². The molecule has 0 bridgehead atoms. The number of carbonyl (C=O) groups is 1. The third-order valence-corrected chi connectivity index (χ3v) is 1.77. The molecule has 0 aromatic heterocycles. The van der Waals surface area contributed by atoms with Crippen molar-refractivity contribution in [1.29, 1.82) is 0 Å². The van der Waals surface area contributed by atoms with E-state index in [1.165, 1.54) is 0 Å². The predicted octanol–water partition coefficient (Wildman–Crippen LogP) is 0.267. The molecular formula is C6H15ClN2O. The molecule has 0 radical (unpaired) electrons. The molecule has 0 unspecified atom stereocenters. The number of hydrogen-bond donors (Lipinski definition) is 2. The lowest BCUT2D eigenvalue weighted by Gasteiger charge is -2.24.